The summed E-state index contributed by atoms with van der Waals surface area (Å²) >= 11 is 0. The van der Waals surface area contributed by atoms with Gasteiger partial charge in [-0.2, -0.15) is 0 Å². The first-order valence-corrected chi connectivity index (χ1v) is 2.65. The van der Waals surface area contributed by atoms with E-state index in [1.165, 1.54) is 14.0 Å². The van der Waals surface area contributed by atoms with E-state index in [0.717, 1.165) is 0 Å². The molecule has 0 aromatic carbocycles. The van der Waals surface area contributed by atoms with Crippen molar-refractivity contribution in [3.8, 4) is 0 Å². The van der Waals surface area contributed by atoms with Crippen LogP contribution in [0.25, 0.3) is 0 Å². The Morgan fingerprint density at radius 3 is 2.40 bits per heavy atom. The maximum atomic E-state index is 10.5. The second-order valence-corrected chi connectivity index (χ2v) is 1.69. The van der Waals surface area contributed by atoms with Crippen molar-refractivity contribution < 1.29 is 19.4 Å². The summed E-state index contributed by atoms with van der Waals surface area (Å²) in [5.74, 6) is -0.595. The predicted octanol–water partition coefficient (Wildman–Crippen LogP) is -0.185. The minimum absolute atomic E-state index is 0.595. The Morgan fingerprint density at radius 2 is 2.10 bits per heavy atom. The third kappa shape index (κ3) is 2.91. The van der Waals surface area contributed by atoms with E-state index in [0.29, 0.717) is 0 Å². The van der Waals surface area contributed by atoms with Gasteiger partial charge in [-0.3, -0.25) is 0 Å². The minimum atomic E-state index is -1.24. The third-order valence-electron chi connectivity index (χ3n) is 0.895. The van der Waals surface area contributed by atoms with E-state index in [1.807, 2.05) is 5.32 Å². The van der Waals surface area contributed by atoms with Crippen molar-refractivity contribution in [1.29, 1.82) is 0 Å². The van der Waals surface area contributed by atoms with E-state index in [-0.39, 0.29) is 0 Å². The largest absolute Gasteiger partial charge is 0.467 e. The molecule has 0 radical (unpaired) electrons. The van der Waals surface area contributed by atoms with Crippen molar-refractivity contribution in [2.45, 2.75) is 13.0 Å². The normalized spacial score (nSPS) is 11.8. The van der Waals surface area contributed by atoms with Crippen molar-refractivity contribution in [3.05, 3.63) is 0 Å². The summed E-state index contributed by atoms with van der Waals surface area (Å²) in [6.07, 6.45) is -1.24. The summed E-state index contributed by atoms with van der Waals surface area (Å²) < 4.78 is 4.25. The van der Waals surface area contributed by atoms with Gasteiger partial charge in [-0.05, 0) is 6.92 Å². The van der Waals surface area contributed by atoms with Gasteiger partial charge in [-0.25, -0.2) is 9.59 Å². The standard InChI is InChI=1S/C5H9NO4/c1-3(4(7)10-2)6-5(8)9/h3,6H,1-2H3,(H,8,9)/t3-/m1/s1. The van der Waals surface area contributed by atoms with Crippen LogP contribution in [0.5, 0.6) is 0 Å². The maximum absolute atomic E-state index is 10.5. The average molecular weight is 147 g/mol. The number of rotatable bonds is 2. The van der Waals surface area contributed by atoms with Gasteiger partial charge < -0.3 is 15.2 Å². The number of methoxy groups -OCH3 is 1. The molecule has 0 spiro atoms. The Balaban J connectivity index is 3.72. The monoisotopic (exact) mass is 147 g/mol. The topological polar surface area (TPSA) is 75.6 Å². The van der Waals surface area contributed by atoms with Crippen LogP contribution in [0.15, 0.2) is 0 Å². The van der Waals surface area contributed by atoms with Crippen molar-refractivity contribution in [3.63, 3.8) is 0 Å². The smallest absolute Gasteiger partial charge is 0.405 e. The maximum Gasteiger partial charge on any atom is 0.405 e. The van der Waals surface area contributed by atoms with Gasteiger partial charge in [0.1, 0.15) is 6.04 Å². The molecule has 0 aliphatic heterocycles. The molecular formula is C5H9NO4. The number of carbonyl (C=O) groups excluding carboxylic acids is 1. The van der Waals surface area contributed by atoms with Crippen LogP contribution in [0, 0.1) is 0 Å². The fourth-order valence-corrected chi connectivity index (χ4v) is 0.421. The summed E-state index contributed by atoms with van der Waals surface area (Å²) in [6, 6.07) is -0.803. The number of ether oxygens (including phenoxy) is 1. The molecule has 0 aliphatic carbocycles. The molecule has 58 valence electrons. The number of carbonyl (C=O) groups is 2. The zero-order valence-electron chi connectivity index (χ0n) is 5.75. The lowest BCUT2D eigenvalue weighted by atomic mass is 10.3. The molecule has 0 saturated carbocycles. The lowest BCUT2D eigenvalue weighted by molar-refractivity contribution is -0.142. The van der Waals surface area contributed by atoms with Crippen LogP contribution >= 0.6 is 0 Å². The van der Waals surface area contributed by atoms with E-state index < -0.39 is 18.1 Å². The number of hydrogen-bond acceptors (Lipinski definition) is 3. The molecule has 2 N–H and O–H groups in total. The Labute approximate surface area is 58.0 Å². The second kappa shape index (κ2) is 3.71. The molecule has 0 saturated heterocycles. The molecule has 1 amide bonds. The molecule has 0 bridgehead atoms. The number of carboxylic acid groups (broad SMARTS) is 1. The molecule has 0 aliphatic rings. The van der Waals surface area contributed by atoms with Crippen LogP contribution in [-0.2, 0) is 9.53 Å². The minimum Gasteiger partial charge on any atom is -0.467 e. The number of nitrogens with one attached hydrogen (secondary N) is 1. The molecular weight excluding hydrogens is 138 g/mol. The summed E-state index contributed by atoms with van der Waals surface area (Å²) in [4.78, 5) is 20.4. The van der Waals surface area contributed by atoms with E-state index in [9.17, 15) is 9.59 Å². The zero-order valence-corrected chi connectivity index (χ0v) is 5.75. The highest BCUT2D eigenvalue weighted by Crippen LogP contribution is 1.84. The van der Waals surface area contributed by atoms with Gasteiger partial charge in [-0.1, -0.05) is 0 Å². The molecule has 5 heteroatoms. The van der Waals surface area contributed by atoms with Crippen LogP contribution in [-0.4, -0.2) is 30.3 Å². The van der Waals surface area contributed by atoms with Gasteiger partial charge >= 0.3 is 12.1 Å². The van der Waals surface area contributed by atoms with Crippen LogP contribution < -0.4 is 5.32 Å². The number of esters is 1. The van der Waals surface area contributed by atoms with Crippen LogP contribution in [0.4, 0.5) is 4.79 Å². The lowest BCUT2D eigenvalue weighted by Crippen LogP contribution is -2.38. The number of amides is 1. The fraction of sp³-hybridized carbons (Fsp3) is 0.600. The Hall–Kier alpha value is -1.26. The van der Waals surface area contributed by atoms with E-state index in [1.54, 1.807) is 0 Å². The lowest BCUT2D eigenvalue weighted by Gasteiger charge is -2.06. The molecule has 5 nitrogen and oxygen atoms in total. The van der Waals surface area contributed by atoms with Crippen molar-refractivity contribution in [2.24, 2.45) is 0 Å². The Bertz CT molecular complexity index is 145. The highest BCUT2D eigenvalue weighted by atomic mass is 16.5. The summed E-state index contributed by atoms with van der Waals surface area (Å²) in [5, 5.41) is 10.0. The van der Waals surface area contributed by atoms with Crippen LogP contribution in [0.1, 0.15) is 6.92 Å². The molecule has 1 atom stereocenters. The summed E-state index contributed by atoms with van der Waals surface area (Å²) in [6.45, 7) is 1.40. The first-order chi connectivity index (χ1) is 4.57. The Kier molecular flexibility index (Phi) is 3.24. The quantitative estimate of drug-likeness (QED) is 0.531. The first-order valence-electron chi connectivity index (χ1n) is 2.65. The zero-order chi connectivity index (χ0) is 8.15. The predicted molar refractivity (Wildman–Crippen MR) is 32.6 cm³/mol. The van der Waals surface area contributed by atoms with Crippen LogP contribution in [0.3, 0.4) is 0 Å². The average Bonchev–Trinajstić information content (AvgIpc) is 1.85. The molecule has 0 aromatic heterocycles. The van der Waals surface area contributed by atoms with Crippen molar-refractivity contribution >= 4 is 12.1 Å². The second-order valence-electron chi connectivity index (χ2n) is 1.69. The number of hydrogen-bond donors (Lipinski definition) is 2. The SMILES string of the molecule is COC(=O)[C@@H](C)NC(=O)O. The summed E-state index contributed by atoms with van der Waals surface area (Å²) in [5.41, 5.74) is 0. The van der Waals surface area contributed by atoms with Gasteiger partial charge in [0.15, 0.2) is 0 Å². The molecule has 10 heavy (non-hydrogen) atoms. The fourth-order valence-electron chi connectivity index (χ4n) is 0.421. The molecule has 0 rings (SSSR count). The van der Waals surface area contributed by atoms with E-state index in [4.69, 9.17) is 5.11 Å². The van der Waals surface area contributed by atoms with Gasteiger partial charge in [0.25, 0.3) is 0 Å². The molecule has 0 fully saturated rings. The van der Waals surface area contributed by atoms with Gasteiger partial charge in [0, 0.05) is 0 Å². The molecule has 0 heterocycles. The highest BCUT2D eigenvalue weighted by Gasteiger charge is 2.13. The first kappa shape index (κ1) is 8.74. The Morgan fingerprint density at radius 1 is 1.60 bits per heavy atom. The van der Waals surface area contributed by atoms with Crippen LogP contribution in [0.2, 0.25) is 0 Å². The van der Waals surface area contributed by atoms with E-state index in [2.05, 4.69) is 4.74 Å². The van der Waals surface area contributed by atoms with Gasteiger partial charge in [0.2, 0.25) is 0 Å². The van der Waals surface area contributed by atoms with Crippen molar-refractivity contribution in [1.82, 2.24) is 5.32 Å². The van der Waals surface area contributed by atoms with Gasteiger partial charge in [0.05, 0.1) is 7.11 Å². The summed E-state index contributed by atoms with van der Waals surface area (Å²) in [7, 11) is 1.20. The van der Waals surface area contributed by atoms with E-state index >= 15 is 0 Å². The highest BCUT2D eigenvalue weighted by molar-refractivity contribution is 5.80. The molecule has 0 aromatic rings. The molecule has 0 unspecified atom stereocenters. The third-order valence-corrected chi connectivity index (χ3v) is 0.895. The van der Waals surface area contributed by atoms with Gasteiger partial charge in [-0.15, -0.1) is 0 Å². The van der Waals surface area contributed by atoms with Crippen molar-refractivity contribution in [2.75, 3.05) is 7.11 Å².